The number of benzene rings is 1. The Bertz CT molecular complexity index is 442. The first-order valence-corrected chi connectivity index (χ1v) is 7.75. The van der Waals surface area contributed by atoms with E-state index in [1.807, 2.05) is 30.3 Å². The van der Waals surface area contributed by atoms with E-state index in [4.69, 9.17) is 15.6 Å². The minimum Gasteiger partial charge on any atom is -0.480 e. The zero-order valence-corrected chi connectivity index (χ0v) is 12.5. The average molecular weight is 312 g/mol. The molecule has 0 saturated heterocycles. The molecule has 1 amide bonds. The van der Waals surface area contributed by atoms with Crippen LogP contribution in [0.1, 0.15) is 12.0 Å². The summed E-state index contributed by atoms with van der Waals surface area (Å²) in [7, 11) is 0. The highest BCUT2D eigenvalue weighted by Crippen LogP contribution is 2.04. The van der Waals surface area contributed by atoms with Crippen molar-refractivity contribution in [1.29, 1.82) is 0 Å². The van der Waals surface area contributed by atoms with E-state index in [0.29, 0.717) is 24.5 Å². The SMILES string of the molecule is N[C@@H](CCSCCNC(=O)OCc1ccccc1)C(=O)O. The highest BCUT2D eigenvalue weighted by Gasteiger charge is 2.10. The molecule has 7 heteroatoms. The van der Waals surface area contributed by atoms with E-state index in [9.17, 15) is 9.59 Å². The number of carbonyl (C=O) groups excluding carboxylic acids is 1. The fourth-order valence-corrected chi connectivity index (χ4v) is 2.31. The van der Waals surface area contributed by atoms with Gasteiger partial charge in [0.2, 0.25) is 0 Å². The van der Waals surface area contributed by atoms with Gasteiger partial charge in [-0.15, -0.1) is 0 Å². The third kappa shape index (κ3) is 8.21. The molecule has 6 nitrogen and oxygen atoms in total. The topological polar surface area (TPSA) is 102 Å². The molecule has 0 aliphatic rings. The van der Waals surface area contributed by atoms with E-state index >= 15 is 0 Å². The van der Waals surface area contributed by atoms with Crippen molar-refractivity contribution in [2.24, 2.45) is 5.73 Å². The van der Waals surface area contributed by atoms with Gasteiger partial charge in [-0.3, -0.25) is 4.79 Å². The van der Waals surface area contributed by atoms with Gasteiger partial charge >= 0.3 is 12.1 Å². The Morgan fingerprint density at radius 1 is 1.29 bits per heavy atom. The Balaban J connectivity index is 2.00. The molecule has 0 bridgehead atoms. The second-order valence-electron chi connectivity index (χ2n) is 4.33. The van der Waals surface area contributed by atoms with Crippen molar-refractivity contribution >= 4 is 23.8 Å². The number of alkyl carbamates (subject to hydrolysis) is 1. The van der Waals surface area contributed by atoms with Crippen molar-refractivity contribution in [2.45, 2.75) is 19.1 Å². The summed E-state index contributed by atoms with van der Waals surface area (Å²) in [6.07, 6.45) is -0.0416. The molecule has 1 rings (SSSR count). The molecule has 0 heterocycles. The first-order valence-electron chi connectivity index (χ1n) is 6.60. The fraction of sp³-hybridized carbons (Fsp3) is 0.429. The number of nitrogens with two attached hydrogens (primary N) is 1. The number of thioether (sulfide) groups is 1. The highest BCUT2D eigenvalue weighted by molar-refractivity contribution is 7.99. The van der Waals surface area contributed by atoms with Crippen LogP contribution in [0.3, 0.4) is 0 Å². The van der Waals surface area contributed by atoms with Gasteiger partial charge in [0.15, 0.2) is 0 Å². The molecule has 4 N–H and O–H groups in total. The van der Waals surface area contributed by atoms with Gasteiger partial charge in [-0.25, -0.2) is 4.79 Å². The van der Waals surface area contributed by atoms with Crippen LogP contribution in [-0.2, 0) is 16.1 Å². The lowest BCUT2D eigenvalue weighted by atomic mass is 10.2. The van der Waals surface area contributed by atoms with E-state index in [1.165, 1.54) is 0 Å². The molecule has 0 aliphatic carbocycles. The van der Waals surface area contributed by atoms with Gasteiger partial charge in [0, 0.05) is 12.3 Å². The number of carbonyl (C=O) groups is 2. The Kier molecular flexibility index (Phi) is 8.30. The maximum absolute atomic E-state index is 11.4. The van der Waals surface area contributed by atoms with Crippen LogP contribution >= 0.6 is 11.8 Å². The molecule has 0 spiro atoms. The summed E-state index contributed by atoms with van der Waals surface area (Å²) in [5.74, 6) is 0.347. The number of nitrogens with one attached hydrogen (secondary N) is 1. The van der Waals surface area contributed by atoms with Crippen LogP contribution in [0.5, 0.6) is 0 Å². The molecule has 1 aromatic rings. The molecule has 0 radical (unpaired) electrons. The lowest BCUT2D eigenvalue weighted by molar-refractivity contribution is -0.138. The normalized spacial score (nSPS) is 11.7. The number of rotatable bonds is 9. The van der Waals surface area contributed by atoms with Crippen LogP contribution in [0.15, 0.2) is 30.3 Å². The number of carboxylic acid groups (broad SMARTS) is 1. The quantitative estimate of drug-likeness (QED) is 0.597. The molecule has 0 fully saturated rings. The summed E-state index contributed by atoms with van der Waals surface area (Å²) in [4.78, 5) is 21.9. The Morgan fingerprint density at radius 2 is 2.00 bits per heavy atom. The third-order valence-electron chi connectivity index (χ3n) is 2.62. The largest absolute Gasteiger partial charge is 0.480 e. The van der Waals surface area contributed by atoms with E-state index in [-0.39, 0.29) is 6.61 Å². The monoisotopic (exact) mass is 312 g/mol. The van der Waals surface area contributed by atoms with Gasteiger partial charge in [-0.2, -0.15) is 11.8 Å². The Morgan fingerprint density at radius 3 is 2.67 bits per heavy atom. The molecular weight excluding hydrogens is 292 g/mol. The average Bonchev–Trinajstić information content (AvgIpc) is 2.49. The van der Waals surface area contributed by atoms with Gasteiger partial charge < -0.3 is 20.9 Å². The number of amides is 1. The van der Waals surface area contributed by atoms with E-state index in [1.54, 1.807) is 11.8 Å². The van der Waals surface area contributed by atoms with E-state index in [0.717, 1.165) is 5.56 Å². The molecule has 116 valence electrons. The van der Waals surface area contributed by atoms with Gasteiger partial charge in [-0.05, 0) is 17.7 Å². The van der Waals surface area contributed by atoms with Crippen LogP contribution in [0.4, 0.5) is 4.79 Å². The summed E-state index contributed by atoms with van der Waals surface area (Å²) in [5, 5.41) is 11.2. The summed E-state index contributed by atoms with van der Waals surface area (Å²) >= 11 is 1.54. The second-order valence-corrected chi connectivity index (χ2v) is 5.56. The first kappa shape index (κ1) is 17.3. The molecule has 1 atom stereocenters. The fourth-order valence-electron chi connectivity index (χ4n) is 1.44. The minimum absolute atomic E-state index is 0.243. The van der Waals surface area contributed by atoms with Crippen molar-refractivity contribution in [3.05, 3.63) is 35.9 Å². The van der Waals surface area contributed by atoms with Crippen molar-refractivity contribution in [3.63, 3.8) is 0 Å². The number of ether oxygens (including phenoxy) is 1. The predicted octanol–water partition coefficient (Wildman–Crippen LogP) is 1.45. The van der Waals surface area contributed by atoms with Crippen molar-refractivity contribution < 1.29 is 19.4 Å². The summed E-state index contributed by atoms with van der Waals surface area (Å²) in [6, 6.07) is 8.62. The van der Waals surface area contributed by atoms with Gasteiger partial charge in [0.25, 0.3) is 0 Å². The smallest absolute Gasteiger partial charge is 0.407 e. The lowest BCUT2D eigenvalue weighted by Crippen LogP contribution is -2.30. The summed E-state index contributed by atoms with van der Waals surface area (Å²) < 4.78 is 5.05. The molecule has 21 heavy (non-hydrogen) atoms. The van der Waals surface area contributed by atoms with Crippen molar-refractivity contribution in [3.8, 4) is 0 Å². The lowest BCUT2D eigenvalue weighted by Gasteiger charge is -2.08. The van der Waals surface area contributed by atoms with Crippen molar-refractivity contribution in [2.75, 3.05) is 18.1 Å². The zero-order valence-electron chi connectivity index (χ0n) is 11.7. The standard InChI is InChI=1S/C14H20N2O4S/c15-12(13(17)18)6-8-21-9-7-16-14(19)20-10-11-4-2-1-3-5-11/h1-5,12H,6-10,15H2,(H,16,19)(H,17,18)/t12-/m0/s1. The number of aliphatic carboxylic acids is 1. The predicted molar refractivity (Wildman–Crippen MR) is 82.2 cm³/mol. The highest BCUT2D eigenvalue weighted by atomic mass is 32.2. The Labute approximate surface area is 128 Å². The van der Waals surface area contributed by atoms with Crippen LogP contribution < -0.4 is 11.1 Å². The number of hydrogen-bond donors (Lipinski definition) is 3. The van der Waals surface area contributed by atoms with Crippen molar-refractivity contribution in [1.82, 2.24) is 5.32 Å². The van der Waals surface area contributed by atoms with Crippen LogP contribution in [0, 0.1) is 0 Å². The van der Waals surface area contributed by atoms with Crippen LogP contribution in [0.2, 0.25) is 0 Å². The number of hydrogen-bond acceptors (Lipinski definition) is 5. The molecule has 0 aliphatic heterocycles. The number of carboxylic acids is 1. The maximum Gasteiger partial charge on any atom is 0.407 e. The molecular formula is C14H20N2O4S. The molecule has 0 unspecified atom stereocenters. The second kappa shape index (κ2) is 10.1. The van der Waals surface area contributed by atoms with E-state index in [2.05, 4.69) is 5.32 Å². The maximum atomic E-state index is 11.4. The van der Waals surface area contributed by atoms with Crippen LogP contribution in [-0.4, -0.2) is 41.3 Å². The third-order valence-corrected chi connectivity index (χ3v) is 3.64. The zero-order chi connectivity index (χ0) is 15.5. The Hall–Kier alpha value is -1.73. The van der Waals surface area contributed by atoms with Gasteiger partial charge in [-0.1, -0.05) is 30.3 Å². The molecule has 1 aromatic carbocycles. The van der Waals surface area contributed by atoms with Gasteiger partial charge in [0.05, 0.1) is 0 Å². The molecule has 0 saturated carbocycles. The minimum atomic E-state index is -0.988. The molecule has 0 aromatic heterocycles. The van der Waals surface area contributed by atoms with E-state index < -0.39 is 18.1 Å². The summed E-state index contributed by atoms with van der Waals surface area (Å²) in [5.41, 5.74) is 6.31. The summed E-state index contributed by atoms with van der Waals surface area (Å²) in [6.45, 7) is 0.716. The first-order chi connectivity index (χ1) is 10.1. The van der Waals surface area contributed by atoms with Crippen LogP contribution in [0.25, 0.3) is 0 Å². The van der Waals surface area contributed by atoms with Gasteiger partial charge in [0.1, 0.15) is 12.6 Å².